The number of amides is 2. The van der Waals surface area contributed by atoms with Gasteiger partial charge in [-0.2, -0.15) is 0 Å². The molecule has 5 heteroatoms. The van der Waals surface area contributed by atoms with Crippen molar-refractivity contribution in [1.82, 2.24) is 9.80 Å². The van der Waals surface area contributed by atoms with Crippen LogP contribution >= 0.6 is 0 Å². The Labute approximate surface area is 118 Å². The highest BCUT2D eigenvalue weighted by atomic mass is 16.4. The molecule has 1 fully saturated rings. The zero-order chi connectivity index (χ0) is 14.7. The van der Waals surface area contributed by atoms with Crippen LogP contribution in [-0.4, -0.2) is 46.5 Å². The quantitative estimate of drug-likeness (QED) is 0.919. The van der Waals surface area contributed by atoms with Gasteiger partial charge in [0.2, 0.25) is 0 Å². The first-order chi connectivity index (χ1) is 9.49. The van der Waals surface area contributed by atoms with E-state index < -0.39 is 12.0 Å². The van der Waals surface area contributed by atoms with Crippen molar-refractivity contribution in [2.45, 2.75) is 32.4 Å². The van der Waals surface area contributed by atoms with E-state index in [9.17, 15) is 9.59 Å². The lowest BCUT2D eigenvalue weighted by molar-refractivity contribution is -0.141. The van der Waals surface area contributed by atoms with Gasteiger partial charge in [0.05, 0.1) is 0 Å². The molecule has 0 aromatic heterocycles. The van der Waals surface area contributed by atoms with Crippen LogP contribution in [0.2, 0.25) is 0 Å². The Morgan fingerprint density at radius 2 is 2.20 bits per heavy atom. The lowest BCUT2D eigenvalue weighted by atomic mass is 10.1. The molecule has 0 bridgehead atoms. The van der Waals surface area contributed by atoms with Crippen molar-refractivity contribution in [2.75, 3.05) is 13.6 Å². The lowest BCUT2D eigenvalue weighted by Crippen LogP contribution is -2.46. The Morgan fingerprint density at radius 3 is 2.85 bits per heavy atom. The van der Waals surface area contributed by atoms with E-state index in [-0.39, 0.29) is 6.03 Å². The summed E-state index contributed by atoms with van der Waals surface area (Å²) in [6.45, 7) is 3.02. The topological polar surface area (TPSA) is 60.9 Å². The van der Waals surface area contributed by atoms with Gasteiger partial charge in [0, 0.05) is 20.1 Å². The summed E-state index contributed by atoms with van der Waals surface area (Å²) in [6.07, 6.45) is 1.29. The van der Waals surface area contributed by atoms with E-state index in [1.807, 2.05) is 31.2 Å². The van der Waals surface area contributed by atoms with Crippen molar-refractivity contribution in [1.29, 1.82) is 0 Å². The highest BCUT2D eigenvalue weighted by molar-refractivity contribution is 5.83. The summed E-state index contributed by atoms with van der Waals surface area (Å²) in [4.78, 5) is 26.5. The number of aliphatic carboxylic acids is 1. The van der Waals surface area contributed by atoms with Crippen LogP contribution in [0.3, 0.4) is 0 Å². The minimum atomic E-state index is -0.917. The molecule has 1 N–H and O–H groups in total. The molecule has 108 valence electrons. The van der Waals surface area contributed by atoms with Gasteiger partial charge in [0.1, 0.15) is 6.04 Å². The molecule has 0 aliphatic carbocycles. The molecule has 20 heavy (non-hydrogen) atoms. The number of carboxylic acids is 1. The van der Waals surface area contributed by atoms with Gasteiger partial charge in [0.25, 0.3) is 0 Å². The number of benzene rings is 1. The fourth-order valence-corrected chi connectivity index (χ4v) is 2.62. The number of carboxylic acid groups (broad SMARTS) is 1. The SMILES string of the molecule is Cc1cccc(CN(C)C(=O)N2CCC[C@@H]2C(=O)O)c1. The zero-order valence-electron chi connectivity index (χ0n) is 11.9. The van der Waals surface area contributed by atoms with Gasteiger partial charge in [-0.1, -0.05) is 29.8 Å². The Hall–Kier alpha value is -2.04. The minimum absolute atomic E-state index is 0.212. The second-order valence-corrected chi connectivity index (χ2v) is 5.32. The Balaban J connectivity index is 2.03. The number of aryl methyl sites for hydroxylation is 1. The van der Waals surface area contributed by atoms with Crippen LogP contribution < -0.4 is 0 Å². The van der Waals surface area contributed by atoms with E-state index in [0.29, 0.717) is 19.5 Å². The molecular weight excluding hydrogens is 256 g/mol. The molecule has 1 atom stereocenters. The van der Waals surface area contributed by atoms with Gasteiger partial charge >= 0.3 is 12.0 Å². The van der Waals surface area contributed by atoms with Crippen LogP contribution in [0.1, 0.15) is 24.0 Å². The Morgan fingerprint density at radius 1 is 1.45 bits per heavy atom. The molecule has 2 rings (SSSR count). The van der Waals surface area contributed by atoms with Crippen LogP contribution in [0, 0.1) is 6.92 Å². The third-order valence-corrected chi connectivity index (χ3v) is 3.61. The lowest BCUT2D eigenvalue weighted by Gasteiger charge is -2.27. The van der Waals surface area contributed by atoms with E-state index in [2.05, 4.69) is 0 Å². The number of carbonyl (C=O) groups excluding carboxylic acids is 1. The number of hydrogen-bond donors (Lipinski definition) is 1. The average molecular weight is 276 g/mol. The molecule has 2 amide bonds. The van der Waals surface area contributed by atoms with E-state index in [4.69, 9.17) is 5.11 Å². The van der Waals surface area contributed by atoms with Crippen LogP contribution in [0.5, 0.6) is 0 Å². The summed E-state index contributed by atoms with van der Waals surface area (Å²) < 4.78 is 0. The third kappa shape index (κ3) is 3.10. The van der Waals surface area contributed by atoms with Gasteiger partial charge in [-0.25, -0.2) is 9.59 Å². The van der Waals surface area contributed by atoms with Gasteiger partial charge in [-0.15, -0.1) is 0 Å². The first-order valence-corrected chi connectivity index (χ1v) is 6.79. The molecule has 0 saturated carbocycles. The maximum atomic E-state index is 12.3. The predicted octanol–water partition coefficient (Wildman–Crippen LogP) is 2.10. The Kier molecular flexibility index (Phi) is 4.27. The predicted molar refractivity (Wildman–Crippen MR) is 75.4 cm³/mol. The fourth-order valence-electron chi connectivity index (χ4n) is 2.62. The molecule has 1 aliphatic heterocycles. The highest BCUT2D eigenvalue weighted by Gasteiger charge is 2.35. The molecular formula is C15H20N2O3. The molecule has 5 nitrogen and oxygen atoms in total. The largest absolute Gasteiger partial charge is 0.480 e. The van der Waals surface area contributed by atoms with Crippen molar-refractivity contribution in [3.63, 3.8) is 0 Å². The van der Waals surface area contributed by atoms with Crippen molar-refractivity contribution in [3.05, 3.63) is 35.4 Å². The molecule has 0 spiro atoms. The van der Waals surface area contributed by atoms with Crippen LogP contribution in [-0.2, 0) is 11.3 Å². The minimum Gasteiger partial charge on any atom is -0.480 e. The van der Waals surface area contributed by atoms with Crippen LogP contribution in [0.15, 0.2) is 24.3 Å². The molecule has 1 aromatic carbocycles. The van der Waals surface area contributed by atoms with Crippen molar-refractivity contribution in [2.24, 2.45) is 0 Å². The van der Waals surface area contributed by atoms with Crippen molar-refractivity contribution < 1.29 is 14.7 Å². The smallest absolute Gasteiger partial charge is 0.326 e. The monoisotopic (exact) mass is 276 g/mol. The summed E-state index contributed by atoms with van der Waals surface area (Å²) in [7, 11) is 1.71. The number of likely N-dealkylation sites (tertiary alicyclic amines) is 1. The first kappa shape index (κ1) is 14.4. The summed E-state index contributed by atoms with van der Waals surface area (Å²) in [5.41, 5.74) is 2.19. The second kappa shape index (κ2) is 5.94. The van der Waals surface area contributed by atoms with Crippen molar-refractivity contribution >= 4 is 12.0 Å². The van der Waals surface area contributed by atoms with Gasteiger partial charge < -0.3 is 14.9 Å². The van der Waals surface area contributed by atoms with E-state index >= 15 is 0 Å². The number of nitrogens with zero attached hydrogens (tertiary/aromatic N) is 2. The fraction of sp³-hybridized carbons (Fsp3) is 0.467. The van der Waals surface area contributed by atoms with Gasteiger partial charge in [-0.05, 0) is 25.3 Å². The van der Waals surface area contributed by atoms with Crippen LogP contribution in [0.25, 0.3) is 0 Å². The summed E-state index contributed by atoms with van der Waals surface area (Å²) >= 11 is 0. The average Bonchev–Trinajstić information content (AvgIpc) is 2.87. The maximum absolute atomic E-state index is 12.3. The number of urea groups is 1. The normalized spacial score (nSPS) is 18.1. The second-order valence-electron chi connectivity index (χ2n) is 5.32. The summed E-state index contributed by atoms with van der Waals surface area (Å²) in [5, 5.41) is 9.13. The molecule has 0 radical (unpaired) electrons. The first-order valence-electron chi connectivity index (χ1n) is 6.79. The van der Waals surface area contributed by atoms with E-state index in [1.54, 1.807) is 11.9 Å². The highest BCUT2D eigenvalue weighted by Crippen LogP contribution is 2.19. The van der Waals surface area contributed by atoms with Gasteiger partial charge in [-0.3, -0.25) is 0 Å². The van der Waals surface area contributed by atoms with Crippen LogP contribution in [0.4, 0.5) is 4.79 Å². The third-order valence-electron chi connectivity index (χ3n) is 3.61. The number of carbonyl (C=O) groups is 2. The Bertz CT molecular complexity index is 516. The number of rotatable bonds is 3. The van der Waals surface area contributed by atoms with Gasteiger partial charge in [0.15, 0.2) is 0 Å². The van der Waals surface area contributed by atoms with E-state index in [1.165, 1.54) is 4.90 Å². The molecule has 1 saturated heterocycles. The zero-order valence-corrected chi connectivity index (χ0v) is 11.9. The molecule has 1 aliphatic rings. The van der Waals surface area contributed by atoms with E-state index in [0.717, 1.165) is 17.5 Å². The molecule has 1 aromatic rings. The summed E-state index contributed by atoms with van der Waals surface area (Å²) in [6, 6.07) is 7.07. The van der Waals surface area contributed by atoms with Crippen molar-refractivity contribution in [3.8, 4) is 0 Å². The summed E-state index contributed by atoms with van der Waals surface area (Å²) in [5.74, 6) is -0.917. The standard InChI is InChI=1S/C15H20N2O3/c1-11-5-3-6-12(9-11)10-16(2)15(20)17-8-4-7-13(17)14(18)19/h3,5-6,9,13H,4,7-8,10H2,1-2H3,(H,18,19)/t13-/m1/s1. The molecule has 0 unspecified atom stereocenters. The maximum Gasteiger partial charge on any atom is 0.326 e. The molecule has 1 heterocycles. The number of hydrogen-bond acceptors (Lipinski definition) is 2.